The van der Waals surface area contributed by atoms with Crippen LogP contribution in [0.4, 0.5) is 0 Å². The number of nitrogens with zero attached hydrogens (tertiary/aromatic N) is 2. The van der Waals surface area contributed by atoms with Crippen molar-refractivity contribution in [2.24, 2.45) is 0 Å². The van der Waals surface area contributed by atoms with Crippen molar-refractivity contribution in [2.45, 2.75) is 24.0 Å². The van der Waals surface area contributed by atoms with Gasteiger partial charge in [0.15, 0.2) is 0 Å². The molecule has 1 aromatic rings. The van der Waals surface area contributed by atoms with Crippen LogP contribution in [0.2, 0.25) is 0 Å². The van der Waals surface area contributed by atoms with Gasteiger partial charge in [0.05, 0.1) is 5.25 Å². The monoisotopic (exact) mass is 255 g/mol. The molecule has 5 heteroatoms. The second-order valence-corrected chi connectivity index (χ2v) is 6.58. The van der Waals surface area contributed by atoms with Crippen molar-refractivity contribution in [1.29, 1.82) is 0 Å². The number of hydrogen-bond acceptors (Lipinski definition) is 5. The molecule has 0 amide bonds. The average molecular weight is 255 g/mol. The van der Waals surface area contributed by atoms with Crippen LogP contribution in [0.25, 0.3) is 0 Å². The van der Waals surface area contributed by atoms with Crippen LogP contribution in [-0.2, 0) is 6.54 Å². The van der Waals surface area contributed by atoms with Crippen LogP contribution in [0.5, 0.6) is 0 Å². The van der Waals surface area contributed by atoms with E-state index in [9.17, 15) is 0 Å². The van der Waals surface area contributed by atoms with Crippen molar-refractivity contribution in [1.82, 2.24) is 15.3 Å². The lowest BCUT2D eigenvalue weighted by molar-refractivity contribution is 0.778. The van der Waals surface area contributed by atoms with Gasteiger partial charge in [-0.25, -0.2) is 9.97 Å². The third kappa shape index (κ3) is 2.90. The molecule has 1 aliphatic heterocycles. The van der Waals surface area contributed by atoms with E-state index in [0.717, 1.165) is 17.9 Å². The van der Waals surface area contributed by atoms with Crippen molar-refractivity contribution in [2.75, 3.05) is 18.6 Å². The molecule has 0 spiro atoms. The minimum absolute atomic E-state index is 0.461. The van der Waals surface area contributed by atoms with E-state index in [-0.39, 0.29) is 0 Å². The fraction of sp³-hybridized carbons (Fsp3) is 0.636. The molecule has 3 nitrogen and oxygen atoms in total. The van der Waals surface area contributed by atoms with E-state index < -0.39 is 0 Å². The molecule has 2 rings (SSSR count). The van der Waals surface area contributed by atoms with Crippen LogP contribution < -0.4 is 5.32 Å². The molecule has 0 bridgehead atoms. The Kier molecular flexibility index (Phi) is 4.49. The average Bonchev–Trinajstić information content (AvgIpc) is 2.31. The number of nitrogens with one attached hydrogen (secondary N) is 1. The first-order chi connectivity index (χ1) is 7.81. The van der Waals surface area contributed by atoms with Crippen LogP contribution in [0.1, 0.15) is 23.6 Å². The maximum absolute atomic E-state index is 4.49. The van der Waals surface area contributed by atoms with Gasteiger partial charge in [-0.3, -0.25) is 0 Å². The van der Waals surface area contributed by atoms with Crippen molar-refractivity contribution in [3.63, 3.8) is 0 Å². The van der Waals surface area contributed by atoms with Gasteiger partial charge in [-0.1, -0.05) is 6.92 Å². The number of rotatable bonds is 3. The standard InChI is InChI=1S/C11H17N3S2/c1-8-10(16-4-3-15-8)11-13-6-9(5-12-2)7-14-11/h6-8,10,12H,3-5H2,1-2H3. The molecular weight excluding hydrogens is 238 g/mol. The Hall–Kier alpha value is -0.260. The van der Waals surface area contributed by atoms with Crippen molar-refractivity contribution in [3.05, 3.63) is 23.8 Å². The second kappa shape index (κ2) is 5.89. The highest BCUT2D eigenvalue weighted by Gasteiger charge is 2.26. The molecule has 1 aliphatic rings. The van der Waals surface area contributed by atoms with Gasteiger partial charge >= 0.3 is 0 Å². The summed E-state index contributed by atoms with van der Waals surface area (Å²) in [6, 6.07) is 0. The van der Waals surface area contributed by atoms with Crippen molar-refractivity contribution < 1.29 is 0 Å². The molecule has 16 heavy (non-hydrogen) atoms. The van der Waals surface area contributed by atoms with E-state index in [1.165, 1.54) is 11.5 Å². The zero-order valence-corrected chi connectivity index (χ0v) is 11.3. The summed E-state index contributed by atoms with van der Waals surface area (Å²) in [7, 11) is 1.93. The highest BCUT2D eigenvalue weighted by atomic mass is 32.2. The van der Waals surface area contributed by atoms with E-state index in [4.69, 9.17) is 0 Å². The Balaban J connectivity index is 2.08. The zero-order chi connectivity index (χ0) is 11.4. The fourth-order valence-corrected chi connectivity index (χ4v) is 4.43. The molecule has 0 aliphatic carbocycles. The van der Waals surface area contributed by atoms with E-state index >= 15 is 0 Å². The predicted molar refractivity (Wildman–Crippen MR) is 71.9 cm³/mol. The van der Waals surface area contributed by atoms with Crippen LogP contribution in [0.3, 0.4) is 0 Å². The summed E-state index contributed by atoms with van der Waals surface area (Å²) in [4.78, 5) is 8.97. The quantitative estimate of drug-likeness (QED) is 0.895. The zero-order valence-electron chi connectivity index (χ0n) is 9.64. The minimum atomic E-state index is 0.461. The largest absolute Gasteiger partial charge is 0.316 e. The van der Waals surface area contributed by atoms with Crippen molar-refractivity contribution >= 4 is 23.5 Å². The Labute approximate surface area is 105 Å². The third-order valence-electron chi connectivity index (χ3n) is 2.55. The SMILES string of the molecule is CNCc1cnc(C2SCCSC2C)nc1. The second-order valence-electron chi connectivity index (χ2n) is 3.85. The lowest BCUT2D eigenvalue weighted by atomic mass is 10.3. The Morgan fingerprint density at radius 3 is 2.62 bits per heavy atom. The maximum atomic E-state index is 4.49. The summed E-state index contributed by atoms with van der Waals surface area (Å²) in [5, 5.41) is 4.18. The molecule has 2 heterocycles. The van der Waals surface area contributed by atoms with Gasteiger partial charge in [0.1, 0.15) is 5.82 Å². The van der Waals surface area contributed by atoms with Gasteiger partial charge in [-0.2, -0.15) is 11.8 Å². The third-order valence-corrected chi connectivity index (χ3v) is 5.63. The van der Waals surface area contributed by atoms with Crippen LogP contribution >= 0.6 is 23.5 Å². The van der Waals surface area contributed by atoms with Gasteiger partial charge in [0.25, 0.3) is 0 Å². The molecule has 1 aromatic heterocycles. The highest BCUT2D eigenvalue weighted by Crippen LogP contribution is 2.40. The molecule has 1 saturated heterocycles. The number of aromatic nitrogens is 2. The lowest BCUT2D eigenvalue weighted by Crippen LogP contribution is -2.18. The summed E-state index contributed by atoms with van der Waals surface area (Å²) in [5.74, 6) is 3.45. The summed E-state index contributed by atoms with van der Waals surface area (Å²) in [6.45, 7) is 3.11. The lowest BCUT2D eigenvalue weighted by Gasteiger charge is -2.26. The first-order valence-corrected chi connectivity index (χ1v) is 7.59. The topological polar surface area (TPSA) is 37.8 Å². The van der Waals surface area contributed by atoms with E-state index in [1.54, 1.807) is 0 Å². The summed E-state index contributed by atoms with van der Waals surface area (Å²) in [5.41, 5.74) is 1.15. The summed E-state index contributed by atoms with van der Waals surface area (Å²) < 4.78 is 0. The van der Waals surface area contributed by atoms with Gasteiger partial charge < -0.3 is 5.32 Å². The molecule has 2 atom stereocenters. The molecule has 2 unspecified atom stereocenters. The molecule has 88 valence electrons. The Bertz CT molecular complexity index is 329. The minimum Gasteiger partial charge on any atom is -0.316 e. The first kappa shape index (κ1) is 12.2. The van der Waals surface area contributed by atoms with E-state index in [1.807, 2.05) is 43.0 Å². The fourth-order valence-electron chi connectivity index (χ4n) is 1.72. The predicted octanol–water partition coefficient (Wildman–Crippen LogP) is 2.11. The van der Waals surface area contributed by atoms with Crippen LogP contribution in [-0.4, -0.2) is 33.8 Å². The summed E-state index contributed by atoms with van der Waals surface area (Å²) >= 11 is 4.00. The molecule has 0 saturated carbocycles. The van der Waals surface area contributed by atoms with Gasteiger partial charge in [-0.05, 0) is 7.05 Å². The molecule has 1 N–H and O–H groups in total. The highest BCUT2D eigenvalue weighted by molar-refractivity contribution is 8.06. The molecule has 0 aromatic carbocycles. The van der Waals surface area contributed by atoms with E-state index in [0.29, 0.717) is 10.5 Å². The van der Waals surface area contributed by atoms with Crippen LogP contribution in [0, 0.1) is 0 Å². The number of hydrogen-bond donors (Lipinski definition) is 1. The number of thioether (sulfide) groups is 2. The Morgan fingerprint density at radius 1 is 1.31 bits per heavy atom. The van der Waals surface area contributed by atoms with Crippen LogP contribution in [0.15, 0.2) is 12.4 Å². The first-order valence-electron chi connectivity index (χ1n) is 5.50. The normalized spacial score (nSPS) is 25.6. The molecule has 0 radical (unpaired) electrons. The van der Waals surface area contributed by atoms with Gasteiger partial charge in [0, 0.05) is 41.3 Å². The van der Waals surface area contributed by atoms with E-state index in [2.05, 4.69) is 22.2 Å². The molecule has 1 fully saturated rings. The van der Waals surface area contributed by atoms with Gasteiger partial charge in [0.2, 0.25) is 0 Å². The Morgan fingerprint density at radius 2 is 2.00 bits per heavy atom. The van der Waals surface area contributed by atoms with Gasteiger partial charge in [-0.15, -0.1) is 11.8 Å². The smallest absolute Gasteiger partial charge is 0.142 e. The van der Waals surface area contributed by atoms with Crippen molar-refractivity contribution in [3.8, 4) is 0 Å². The molecular formula is C11H17N3S2. The summed E-state index contributed by atoms with van der Waals surface area (Å²) in [6.07, 6.45) is 3.87. The maximum Gasteiger partial charge on any atom is 0.142 e.